The van der Waals surface area contributed by atoms with E-state index in [0.717, 1.165) is 0 Å². The molecule has 0 heterocycles. The quantitative estimate of drug-likeness (QED) is 0.137. The number of carboxylic acids is 2. The Morgan fingerprint density at radius 2 is 0.973 bits per heavy atom. The number of carboxylic acid groups (broad SMARTS) is 2. The van der Waals surface area contributed by atoms with Gasteiger partial charge in [0.15, 0.2) is 23.0 Å². The number of hydrogen-bond acceptors (Lipinski definition) is 11. The summed E-state index contributed by atoms with van der Waals surface area (Å²) in [6, 6.07) is 6.18. The van der Waals surface area contributed by atoms with E-state index in [-0.39, 0.29) is 35.8 Å². The van der Waals surface area contributed by atoms with Gasteiger partial charge in [-0.1, -0.05) is 12.1 Å². The third-order valence-corrected chi connectivity index (χ3v) is 5.54. The van der Waals surface area contributed by atoms with Crippen LogP contribution in [0.25, 0.3) is 0 Å². The number of phenolic OH excluding ortho intramolecular Hbond substituents is 4. The van der Waals surface area contributed by atoms with E-state index in [4.69, 9.17) is 61.7 Å². The lowest BCUT2D eigenvalue weighted by Gasteiger charge is -2.06. The van der Waals surface area contributed by atoms with Gasteiger partial charge in [-0.15, -0.1) is 0 Å². The summed E-state index contributed by atoms with van der Waals surface area (Å²) in [5, 5.41) is 53.3. The highest BCUT2D eigenvalue weighted by Gasteiger charge is 2.28. The van der Waals surface area contributed by atoms with E-state index in [9.17, 15) is 18.7 Å². The first kappa shape index (κ1) is 33.8. The number of aromatic hydroxyl groups is 4. The summed E-state index contributed by atoms with van der Waals surface area (Å²) in [5.41, 5.74) is 11.7. The number of aliphatic carboxylic acids is 2. The Bertz CT molecular complexity index is 1070. The maximum Gasteiger partial charge on any atom is 0.478 e. The zero-order valence-electron chi connectivity index (χ0n) is 18.6. The third kappa shape index (κ3) is 15.5. The molecule has 2 aromatic carbocycles. The molecule has 14 N–H and O–H groups in total. The summed E-state index contributed by atoms with van der Waals surface area (Å²) in [4.78, 5) is 51.8. The molecule has 2 aromatic rings. The zero-order valence-corrected chi connectivity index (χ0v) is 20.4. The fourth-order valence-corrected chi connectivity index (χ4v) is 3.32. The maximum absolute atomic E-state index is 10.4. The van der Waals surface area contributed by atoms with Gasteiger partial charge in [0.2, 0.25) is 0 Å². The van der Waals surface area contributed by atoms with Crippen molar-refractivity contribution in [2.45, 2.75) is 24.9 Å². The molecule has 2 rings (SSSR count). The van der Waals surface area contributed by atoms with Crippen LogP contribution in [0.5, 0.6) is 23.0 Å². The average molecular weight is 572 g/mol. The number of benzene rings is 2. The van der Waals surface area contributed by atoms with Crippen LogP contribution < -0.4 is 11.5 Å². The van der Waals surface area contributed by atoms with E-state index in [1.54, 1.807) is 0 Å². The summed E-state index contributed by atoms with van der Waals surface area (Å²) in [6.07, 6.45) is 0.229. The molecule has 0 saturated carbocycles. The van der Waals surface area contributed by atoms with Gasteiger partial charge in [-0.25, -0.2) is 9.13 Å². The number of hydrogen-bond donors (Lipinski definition) is 12. The van der Waals surface area contributed by atoms with E-state index < -0.39 is 39.7 Å². The number of carbonyl (C=O) groups is 2. The van der Waals surface area contributed by atoms with Crippen LogP contribution in [-0.2, 0) is 35.9 Å². The molecule has 17 nitrogen and oxygen atoms in total. The van der Waals surface area contributed by atoms with Crippen molar-refractivity contribution in [1.82, 2.24) is 0 Å². The van der Waals surface area contributed by atoms with Crippen molar-refractivity contribution in [1.29, 1.82) is 0 Å². The molecule has 0 fully saturated rings. The first-order chi connectivity index (χ1) is 16.7. The average Bonchev–Trinajstić information content (AvgIpc) is 2.71. The van der Waals surface area contributed by atoms with Gasteiger partial charge in [-0.3, -0.25) is 9.59 Å². The van der Waals surface area contributed by atoms with Gasteiger partial charge in [0.05, 0.1) is 0 Å². The van der Waals surface area contributed by atoms with Crippen LogP contribution in [0.1, 0.15) is 11.1 Å². The van der Waals surface area contributed by atoms with Crippen molar-refractivity contribution in [3.63, 3.8) is 0 Å². The molecule has 0 aliphatic carbocycles. The SMILES string of the molecule is N[C@@H](Cc1ccc(O)c(O)c1)C(=O)O.N[C@@H](Cc1ccc(O)c(O)c1)C(=O)O.O=P(O)(O)OP(=O)(O)O. The summed E-state index contributed by atoms with van der Waals surface area (Å²) < 4.78 is 22.2. The number of phenols is 4. The smallest absolute Gasteiger partial charge is 0.478 e. The molecule has 2 atom stereocenters. The molecular weight excluding hydrogens is 546 g/mol. The van der Waals surface area contributed by atoms with Crippen LogP contribution in [0, 0.1) is 0 Å². The van der Waals surface area contributed by atoms with Crippen LogP contribution in [0.4, 0.5) is 0 Å². The fourth-order valence-electron chi connectivity index (χ4n) is 2.21. The van der Waals surface area contributed by atoms with E-state index in [0.29, 0.717) is 11.1 Å². The fraction of sp³-hybridized carbons (Fsp3) is 0.222. The summed E-state index contributed by atoms with van der Waals surface area (Å²) >= 11 is 0. The molecule has 19 heteroatoms. The minimum Gasteiger partial charge on any atom is -0.504 e. The lowest BCUT2D eigenvalue weighted by molar-refractivity contribution is -0.139. The van der Waals surface area contributed by atoms with Crippen molar-refractivity contribution in [3.05, 3.63) is 47.5 Å². The van der Waals surface area contributed by atoms with Crippen molar-refractivity contribution in [2.75, 3.05) is 0 Å². The molecule has 0 amide bonds. The van der Waals surface area contributed by atoms with Gasteiger partial charge < -0.3 is 61.7 Å². The van der Waals surface area contributed by atoms with E-state index in [2.05, 4.69) is 4.31 Å². The van der Waals surface area contributed by atoms with Crippen molar-refractivity contribution >= 4 is 27.6 Å². The normalized spacial score (nSPS) is 12.7. The van der Waals surface area contributed by atoms with Gasteiger partial charge in [0.1, 0.15) is 12.1 Å². The highest BCUT2D eigenvalue weighted by atomic mass is 31.3. The molecule has 0 aromatic heterocycles. The molecular formula is C18H26N2O15P2. The minimum atomic E-state index is -5.05. The first-order valence-electron chi connectivity index (χ1n) is 9.52. The molecule has 0 aliphatic rings. The lowest BCUT2D eigenvalue weighted by Crippen LogP contribution is -2.32. The second-order valence-electron chi connectivity index (χ2n) is 7.01. The Labute approximate surface area is 208 Å². The monoisotopic (exact) mass is 572 g/mol. The van der Waals surface area contributed by atoms with Crippen LogP contribution in [0.15, 0.2) is 36.4 Å². The van der Waals surface area contributed by atoms with Crippen LogP contribution in [0.3, 0.4) is 0 Å². The first-order valence-corrected chi connectivity index (χ1v) is 12.6. The Morgan fingerprint density at radius 3 is 1.16 bits per heavy atom. The molecule has 0 bridgehead atoms. The Hall–Kier alpha value is -3.24. The molecule has 0 unspecified atom stereocenters. The summed E-state index contributed by atoms with van der Waals surface area (Å²) in [5.74, 6) is -3.23. The Balaban J connectivity index is 0.000000541. The van der Waals surface area contributed by atoms with Gasteiger partial charge in [0, 0.05) is 0 Å². The summed E-state index contributed by atoms with van der Waals surface area (Å²) in [6.45, 7) is 0. The number of nitrogens with two attached hydrogens (primary N) is 2. The van der Waals surface area contributed by atoms with Crippen LogP contribution >= 0.6 is 15.6 Å². The van der Waals surface area contributed by atoms with Crippen LogP contribution in [0.2, 0.25) is 0 Å². The molecule has 0 spiro atoms. The molecule has 37 heavy (non-hydrogen) atoms. The highest BCUT2D eigenvalue weighted by molar-refractivity contribution is 7.60. The van der Waals surface area contributed by atoms with Crippen molar-refractivity contribution in [3.8, 4) is 23.0 Å². The van der Waals surface area contributed by atoms with E-state index in [1.165, 1.54) is 36.4 Å². The lowest BCUT2D eigenvalue weighted by atomic mass is 10.1. The summed E-state index contributed by atoms with van der Waals surface area (Å²) in [7, 11) is -10.1. The van der Waals surface area contributed by atoms with Gasteiger partial charge in [0.25, 0.3) is 0 Å². The van der Waals surface area contributed by atoms with Crippen molar-refractivity contribution < 1.29 is 73.2 Å². The van der Waals surface area contributed by atoms with Crippen LogP contribution in [-0.4, -0.2) is 74.2 Å². The third-order valence-electron chi connectivity index (χ3n) is 3.84. The second kappa shape index (κ2) is 14.5. The molecule has 208 valence electrons. The number of rotatable bonds is 8. The molecule has 0 aliphatic heterocycles. The Morgan fingerprint density at radius 1 is 0.676 bits per heavy atom. The van der Waals surface area contributed by atoms with Gasteiger partial charge in [-0.05, 0) is 48.2 Å². The molecule has 0 radical (unpaired) electrons. The maximum atomic E-state index is 10.4. The second-order valence-corrected chi connectivity index (χ2v) is 9.62. The standard InChI is InChI=1S/2C9H11NO4.H4O7P2/c2*10-6(9(13)14)3-5-1-2-7(11)8(12)4-5;1-8(2,3)7-9(4,5)6/h2*1-2,4,6,11-12H,3,10H2,(H,13,14);(H2,1,2,3)(H2,4,5,6)/t2*6-;/m00./s1. The van der Waals surface area contributed by atoms with Gasteiger partial charge >= 0.3 is 27.6 Å². The van der Waals surface area contributed by atoms with Crippen molar-refractivity contribution in [2.24, 2.45) is 11.5 Å². The zero-order chi connectivity index (χ0) is 29.1. The molecule has 0 saturated heterocycles. The van der Waals surface area contributed by atoms with E-state index in [1.807, 2.05) is 0 Å². The predicted molar refractivity (Wildman–Crippen MR) is 123 cm³/mol. The number of phosphoric acid groups is 2. The largest absolute Gasteiger partial charge is 0.504 e. The Kier molecular flexibility index (Phi) is 13.2. The predicted octanol–water partition coefficient (Wildman–Crippen LogP) is -0.707. The highest BCUT2D eigenvalue weighted by Crippen LogP contribution is 2.53. The topological polar surface area (TPSA) is 332 Å². The van der Waals surface area contributed by atoms with E-state index >= 15 is 0 Å². The van der Waals surface area contributed by atoms with Gasteiger partial charge in [-0.2, -0.15) is 4.31 Å². The minimum absolute atomic E-state index is 0.114.